The number of amides is 3. The average Bonchev–Trinajstić information content (AvgIpc) is 3.30. The van der Waals surface area contributed by atoms with Crippen LogP contribution in [0.4, 0.5) is 4.79 Å². The largest absolute Gasteiger partial charge is 0.467 e. The van der Waals surface area contributed by atoms with Gasteiger partial charge in [-0.15, -0.1) is 0 Å². The molecule has 0 radical (unpaired) electrons. The Bertz CT molecular complexity index is 895. The second-order valence-electron chi connectivity index (χ2n) is 5.16. The number of carbonyl (C=O) groups excluding carboxylic acids is 2. The molecule has 2 aromatic heterocycles. The van der Waals surface area contributed by atoms with Crippen molar-refractivity contribution in [2.24, 2.45) is 0 Å². The van der Waals surface area contributed by atoms with Gasteiger partial charge in [-0.25, -0.2) is 9.78 Å². The van der Waals surface area contributed by atoms with Crippen LogP contribution in [0.5, 0.6) is 0 Å². The lowest BCUT2D eigenvalue weighted by molar-refractivity contribution is -0.117. The van der Waals surface area contributed by atoms with E-state index in [2.05, 4.69) is 15.6 Å². The lowest BCUT2D eigenvalue weighted by Gasteiger charge is -2.08. The minimum Gasteiger partial charge on any atom is -0.467 e. The van der Waals surface area contributed by atoms with Crippen LogP contribution in [0.15, 0.2) is 64.6 Å². The van der Waals surface area contributed by atoms with E-state index >= 15 is 0 Å². The highest BCUT2D eigenvalue weighted by Crippen LogP contribution is 2.22. The van der Waals surface area contributed by atoms with Gasteiger partial charge in [-0.1, -0.05) is 29.4 Å². The lowest BCUT2D eigenvalue weighted by Crippen LogP contribution is -2.39. The molecule has 0 atom stereocenters. The Morgan fingerprint density at radius 1 is 1.27 bits per heavy atom. The first-order valence-corrected chi connectivity index (χ1v) is 9.00. The van der Waals surface area contributed by atoms with Gasteiger partial charge in [0.05, 0.1) is 18.6 Å². The predicted octanol–water partition coefficient (Wildman–Crippen LogP) is 3.24. The van der Waals surface area contributed by atoms with E-state index in [0.29, 0.717) is 15.9 Å². The number of benzene rings is 1. The second-order valence-corrected chi connectivity index (χ2v) is 6.54. The third-order valence-electron chi connectivity index (χ3n) is 3.28. The van der Waals surface area contributed by atoms with E-state index in [1.807, 2.05) is 16.7 Å². The van der Waals surface area contributed by atoms with Crippen LogP contribution in [-0.4, -0.2) is 27.2 Å². The molecule has 0 spiro atoms. The Kier molecular flexibility index (Phi) is 5.98. The zero-order chi connectivity index (χ0) is 18.4. The molecule has 0 unspecified atom stereocenters. The van der Waals surface area contributed by atoms with Gasteiger partial charge < -0.3 is 9.73 Å². The van der Waals surface area contributed by atoms with Crippen molar-refractivity contribution in [3.05, 3.63) is 65.8 Å². The highest BCUT2D eigenvalue weighted by atomic mass is 35.5. The summed E-state index contributed by atoms with van der Waals surface area (Å²) >= 11 is 7.23. The van der Waals surface area contributed by atoms with E-state index in [1.165, 1.54) is 18.0 Å². The van der Waals surface area contributed by atoms with E-state index in [0.717, 1.165) is 5.69 Å². The number of thioether (sulfide) groups is 1. The molecule has 0 aliphatic rings. The number of rotatable bonds is 6. The van der Waals surface area contributed by atoms with Gasteiger partial charge in [0.25, 0.3) is 0 Å². The summed E-state index contributed by atoms with van der Waals surface area (Å²) in [5.74, 6) is 0.226. The maximum atomic E-state index is 11.9. The van der Waals surface area contributed by atoms with Gasteiger partial charge in [0, 0.05) is 23.1 Å². The molecule has 0 bridgehead atoms. The van der Waals surface area contributed by atoms with Crippen molar-refractivity contribution in [2.75, 3.05) is 5.75 Å². The molecule has 0 aliphatic carbocycles. The first kappa shape index (κ1) is 18.1. The number of urea groups is 1. The number of halogens is 1. The zero-order valence-corrected chi connectivity index (χ0v) is 15.1. The molecule has 0 aliphatic heterocycles. The highest BCUT2D eigenvalue weighted by Gasteiger charge is 2.12. The summed E-state index contributed by atoms with van der Waals surface area (Å²) in [6.45, 7) is 0.207. The molecule has 0 saturated heterocycles. The maximum absolute atomic E-state index is 11.9. The Hall–Kier alpha value is -2.71. The fourth-order valence-corrected chi connectivity index (χ4v) is 3.09. The lowest BCUT2D eigenvalue weighted by atomic mass is 10.3. The summed E-state index contributed by atoms with van der Waals surface area (Å²) in [6, 6.07) is 10.2. The fraction of sp³-hybridized carbons (Fsp3) is 0.118. The Balaban J connectivity index is 1.50. The predicted molar refractivity (Wildman–Crippen MR) is 98.4 cm³/mol. The van der Waals surface area contributed by atoms with Crippen LogP contribution in [0.3, 0.4) is 0 Å². The summed E-state index contributed by atoms with van der Waals surface area (Å²) < 4.78 is 6.92. The molecule has 3 aromatic rings. The Morgan fingerprint density at radius 3 is 2.92 bits per heavy atom. The van der Waals surface area contributed by atoms with Gasteiger partial charge in [0.15, 0.2) is 5.16 Å². The number of hydrogen-bond donors (Lipinski definition) is 2. The van der Waals surface area contributed by atoms with E-state index < -0.39 is 11.9 Å². The van der Waals surface area contributed by atoms with Gasteiger partial charge in [0.1, 0.15) is 5.76 Å². The molecule has 3 rings (SSSR count). The summed E-state index contributed by atoms with van der Waals surface area (Å²) in [5.41, 5.74) is 0.842. The molecule has 7 nitrogen and oxygen atoms in total. The van der Waals surface area contributed by atoms with Crippen LogP contribution in [0.25, 0.3) is 5.69 Å². The number of furan rings is 1. The van der Waals surface area contributed by atoms with Gasteiger partial charge in [-0.3, -0.25) is 14.7 Å². The molecule has 0 saturated carbocycles. The highest BCUT2D eigenvalue weighted by molar-refractivity contribution is 7.99. The summed E-state index contributed by atoms with van der Waals surface area (Å²) in [6.07, 6.45) is 4.93. The van der Waals surface area contributed by atoms with Crippen LogP contribution in [-0.2, 0) is 11.3 Å². The smallest absolute Gasteiger partial charge is 0.321 e. The molecule has 0 fully saturated rings. The van der Waals surface area contributed by atoms with E-state index in [9.17, 15) is 9.59 Å². The van der Waals surface area contributed by atoms with Crippen molar-refractivity contribution in [3.63, 3.8) is 0 Å². The number of hydrogen-bond acceptors (Lipinski definition) is 5. The number of aromatic nitrogens is 2. The SMILES string of the molecule is O=C(CSc1nccn1-c1cccc(Cl)c1)NC(=O)NCc1ccco1. The minimum atomic E-state index is -0.579. The summed E-state index contributed by atoms with van der Waals surface area (Å²) in [5, 5.41) is 6.04. The normalized spacial score (nSPS) is 10.5. The number of carbonyl (C=O) groups is 2. The van der Waals surface area contributed by atoms with Crippen molar-refractivity contribution in [1.82, 2.24) is 20.2 Å². The van der Waals surface area contributed by atoms with Crippen LogP contribution in [0.1, 0.15) is 5.76 Å². The van der Waals surface area contributed by atoms with Crippen LogP contribution in [0, 0.1) is 0 Å². The molecule has 1 aromatic carbocycles. The molecule has 2 N–H and O–H groups in total. The van der Waals surface area contributed by atoms with Crippen molar-refractivity contribution < 1.29 is 14.0 Å². The molecule has 9 heteroatoms. The zero-order valence-electron chi connectivity index (χ0n) is 13.5. The number of nitrogens with zero attached hydrogens (tertiary/aromatic N) is 2. The third-order valence-corrected chi connectivity index (χ3v) is 4.48. The summed E-state index contributed by atoms with van der Waals surface area (Å²) in [4.78, 5) is 27.9. The van der Waals surface area contributed by atoms with Crippen molar-refractivity contribution >= 4 is 35.3 Å². The van der Waals surface area contributed by atoms with Gasteiger partial charge in [-0.05, 0) is 30.3 Å². The minimum absolute atomic E-state index is 0.0474. The third kappa shape index (κ3) is 4.90. The van der Waals surface area contributed by atoms with Gasteiger partial charge >= 0.3 is 6.03 Å². The first-order chi connectivity index (χ1) is 12.6. The van der Waals surface area contributed by atoms with E-state index in [4.69, 9.17) is 16.0 Å². The summed E-state index contributed by atoms with van der Waals surface area (Å²) in [7, 11) is 0. The maximum Gasteiger partial charge on any atom is 0.321 e. The van der Waals surface area contributed by atoms with E-state index in [-0.39, 0.29) is 12.3 Å². The van der Waals surface area contributed by atoms with E-state index in [1.54, 1.807) is 36.7 Å². The second kappa shape index (κ2) is 8.59. The van der Waals surface area contributed by atoms with Gasteiger partial charge in [-0.2, -0.15) is 0 Å². The van der Waals surface area contributed by atoms with Crippen molar-refractivity contribution in [2.45, 2.75) is 11.7 Å². The molecule has 26 heavy (non-hydrogen) atoms. The standard InChI is InChI=1S/C17H15ClN4O3S/c18-12-3-1-4-13(9-12)22-7-6-19-17(22)26-11-15(23)21-16(24)20-10-14-5-2-8-25-14/h1-9H,10-11H2,(H2,20,21,23,24). The van der Waals surface area contributed by atoms with Crippen LogP contribution in [0.2, 0.25) is 5.02 Å². The van der Waals surface area contributed by atoms with Crippen LogP contribution >= 0.6 is 23.4 Å². The Morgan fingerprint density at radius 2 is 2.15 bits per heavy atom. The monoisotopic (exact) mass is 390 g/mol. The Labute approximate surface area is 158 Å². The van der Waals surface area contributed by atoms with Gasteiger partial charge in [0.2, 0.25) is 5.91 Å². The quantitative estimate of drug-likeness (QED) is 0.631. The van der Waals surface area contributed by atoms with Crippen molar-refractivity contribution in [1.29, 1.82) is 0 Å². The number of imidazole rings is 1. The molecular weight excluding hydrogens is 376 g/mol. The molecule has 2 heterocycles. The molecule has 134 valence electrons. The van der Waals surface area contributed by atoms with Crippen LogP contribution < -0.4 is 10.6 Å². The van der Waals surface area contributed by atoms with Crippen molar-refractivity contribution in [3.8, 4) is 5.69 Å². The molecule has 3 amide bonds. The average molecular weight is 391 g/mol. The number of imide groups is 1. The topological polar surface area (TPSA) is 89.2 Å². The molecular formula is C17H15ClN4O3S. The number of nitrogens with one attached hydrogen (secondary N) is 2. The first-order valence-electron chi connectivity index (χ1n) is 7.64. The fourth-order valence-electron chi connectivity index (χ4n) is 2.14.